The third kappa shape index (κ3) is 6.03. The van der Waals surface area contributed by atoms with Gasteiger partial charge in [0.1, 0.15) is 0 Å². The normalized spacial score (nSPS) is 23.6. The minimum Gasteiger partial charge on any atom is -0.353 e. The Morgan fingerprint density at radius 1 is 1.39 bits per heavy atom. The molecule has 1 rings (SSSR count). The SMILES string of the molecule is CCN(CC)CCNC(=O)C1CC(C)CCN1.Cl. The van der Waals surface area contributed by atoms with Crippen LogP contribution in [0.15, 0.2) is 0 Å². The van der Waals surface area contributed by atoms with E-state index >= 15 is 0 Å². The van der Waals surface area contributed by atoms with E-state index in [9.17, 15) is 4.79 Å². The van der Waals surface area contributed by atoms with E-state index in [-0.39, 0.29) is 24.4 Å². The van der Waals surface area contributed by atoms with Crippen LogP contribution < -0.4 is 10.6 Å². The molecule has 1 heterocycles. The third-order valence-corrected chi connectivity index (χ3v) is 3.60. The summed E-state index contributed by atoms with van der Waals surface area (Å²) in [7, 11) is 0. The summed E-state index contributed by atoms with van der Waals surface area (Å²) in [6, 6.07) is 0.0236. The van der Waals surface area contributed by atoms with Crippen molar-refractivity contribution in [3.8, 4) is 0 Å². The van der Waals surface area contributed by atoms with Crippen molar-refractivity contribution in [2.75, 3.05) is 32.7 Å². The van der Waals surface area contributed by atoms with E-state index in [4.69, 9.17) is 0 Å². The second-order valence-electron chi connectivity index (χ2n) is 4.95. The Balaban J connectivity index is 0.00000289. The first kappa shape index (κ1) is 17.7. The zero-order valence-corrected chi connectivity index (χ0v) is 12.7. The molecular formula is C13H28ClN3O. The molecule has 2 atom stereocenters. The number of nitrogens with zero attached hydrogens (tertiary/aromatic N) is 1. The van der Waals surface area contributed by atoms with E-state index < -0.39 is 0 Å². The number of piperidine rings is 1. The molecule has 0 bridgehead atoms. The highest BCUT2D eigenvalue weighted by molar-refractivity contribution is 5.85. The number of nitrogens with one attached hydrogen (secondary N) is 2. The largest absolute Gasteiger partial charge is 0.353 e. The molecule has 1 amide bonds. The Labute approximate surface area is 117 Å². The smallest absolute Gasteiger partial charge is 0.237 e. The van der Waals surface area contributed by atoms with Gasteiger partial charge in [0.15, 0.2) is 0 Å². The maximum absolute atomic E-state index is 11.9. The summed E-state index contributed by atoms with van der Waals surface area (Å²) in [6.45, 7) is 11.3. The first-order chi connectivity index (χ1) is 8.17. The minimum absolute atomic E-state index is 0. The number of hydrogen-bond acceptors (Lipinski definition) is 3. The molecule has 1 fully saturated rings. The van der Waals surface area contributed by atoms with Crippen molar-refractivity contribution in [2.45, 2.75) is 39.7 Å². The Bertz CT molecular complexity index is 234. The predicted molar refractivity (Wildman–Crippen MR) is 78.2 cm³/mol. The van der Waals surface area contributed by atoms with Crippen LogP contribution in [0.3, 0.4) is 0 Å². The fraction of sp³-hybridized carbons (Fsp3) is 0.923. The highest BCUT2D eigenvalue weighted by Gasteiger charge is 2.23. The van der Waals surface area contributed by atoms with Crippen LogP contribution in [0.1, 0.15) is 33.6 Å². The van der Waals surface area contributed by atoms with Crippen molar-refractivity contribution in [1.29, 1.82) is 0 Å². The van der Waals surface area contributed by atoms with Gasteiger partial charge in [0.05, 0.1) is 6.04 Å². The van der Waals surface area contributed by atoms with E-state index in [1.165, 1.54) is 6.42 Å². The van der Waals surface area contributed by atoms with Gasteiger partial charge < -0.3 is 15.5 Å². The van der Waals surface area contributed by atoms with Crippen LogP contribution in [-0.2, 0) is 4.79 Å². The zero-order chi connectivity index (χ0) is 12.7. The average Bonchev–Trinajstić information content (AvgIpc) is 2.34. The van der Waals surface area contributed by atoms with E-state index in [1.807, 2.05) is 0 Å². The maximum atomic E-state index is 11.9. The van der Waals surface area contributed by atoms with Crippen LogP contribution in [-0.4, -0.2) is 49.6 Å². The molecule has 0 saturated carbocycles. The standard InChI is InChI=1S/C13H27N3O.ClH/c1-4-16(5-2)9-8-15-13(17)12-10-11(3)6-7-14-12;/h11-12,14H,4-10H2,1-3H3,(H,15,17);1H. The van der Waals surface area contributed by atoms with Gasteiger partial charge in [-0.05, 0) is 38.4 Å². The van der Waals surface area contributed by atoms with E-state index in [0.29, 0.717) is 5.92 Å². The van der Waals surface area contributed by atoms with Gasteiger partial charge in [-0.2, -0.15) is 0 Å². The van der Waals surface area contributed by atoms with E-state index in [1.54, 1.807) is 0 Å². The van der Waals surface area contributed by atoms with Crippen molar-refractivity contribution < 1.29 is 4.79 Å². The molecule has 2 N–H and O–H groups in total. The van der Waals surface area contributed by atoms with Gasteiger partial charge in [0.25, 0.3) is 0 Å². The summed E-state index contributed by atoms with van der Waals surface area (Å²) < 4.78 is 0. The molecule has 0 spiro atoms. The second kappa shape index (κ2) is 9.59. The molecular weight excluding hydrogens is 250 g/mol. The zero-order valence-electron chi connectivity index (χ0n) is 11.9. The van der Waals surface area contributed by atoms with Gasteiger partial charge in [-0.15, -0.1) is 12.4 Å². The van der Waals surface area contributed by atoms with Crippen molar-refractivity contribution in [3.63, 3.8) is 0 Å². The fourth-order valence-corrected chi connectivity index (χ4v) is 2.31. The highest BCUT2D eigenvalue weighted by atomic mass is 35.5. The molecule has 0 aromatic carbocycles. The van der Waals surface area contributed by atoms with Gasteiger partial charge in [0, 0.05) is 13.1 Å². The predicted octanol–water partition coefficient (Wildman–Crippen LogP) is 1.25. The van der Waals surface area contributed by atoms with Crippen molar-refractivity contribution in [3.05, 3.63) is 0 Å². The van der Waals surface area contributed by atoms with Crippen LogP contribution in [0.5, 0.6) is 0 Å². The molecule has 0 aromatic rings. The van der Waals surface area contributed by atoms with Crippen LogP contribution >= 0.6 is 12.4 Å². The van der Waals surface area contributed by atoms with Crippen LogP contribution in [0.25, 0.3) is 0 Å². The number of hydrogen-bond donors (Lipinski definition) is 2. The van der Waals surface area contributed by atoms with Gasteiger partial charge in [-0.1, -0.05) is 20.8 Å². The summed E-state index contributed by atoms with van der Waals surface area (Å²) in [6.07, 6.45) is 2.15. The van der Waals surface area contributed by atoms with Gasteiger partial charge in [-0.25, -0.2) is 0 Å². The summed E-state index contributed by atoms with van der Waals surface area (Å²) in [4.78, 5) is 14.2. The average molecular weight is 278 g/mol. The Morgan fingerprint density at radius 3 is 2.61 bits per heavy atom. The third-order valence-electron chi connectivity index (χ3n) is 3.60. The topological polar surface area (TPSA) is 44.4 Å². The molecule has 4 nitrogen and oxygen atoms in total. The molecule has 108 valence electrons. The molecule has 1 aliphatic heterocycles. The lowest BCUT2D eigenvalue weighted by Crippen LogP contribution is -2.49. The molecule has 0 aliphatic carbocycles. The second-order valence-corrected chi connectivity index (χ2v) is 4.95. The molecule has 1 aliphatic rings. The first-order valence-corrected chi connectivity index (χ1v) is 6.90. The summed E-state index contributed by atoms with van der Waals surface area (Å²) in [5.41, 5.74) is 0. The molecule has 2 unspecified atom stereocenters. The Kier molecular flexibility index (Phi) is 9.42. The number of carbonyl (C=O) groups is 1. The fourth-order valence-electron chi connectivity index (χ4n) is 2.31. The lowest BCUT2D eigenvalue weighted by atomic mass is 9.94. The van der Waals surface area contributed by atoms with Crippen LogP contribution in [0.4, 0.5) is 0 Å². The monoisotopic (exact) mass is 277 g/mol. The van der Waals surface area contributed by atoms with Crippen molar-refractivity contribution in [2.24, 2.45) is 5.92 Å². The molecule has 1 saturated heterocycles. The van der Waals surface area contributed by atoms with Gasteiger partial charge in [0.2, 0.25) is 5.91 Å². The number of carbonyl (C=O) groups excluding carboxylic acids is 1. The van der Waals surface area contributed by atoms with Crippen LogP contribution in [0, 0.1) is 5.92 Å². The maximum Gasteiger partial charge on any atom is 0.237 e. The number of halogens is 1. The molecule has 0 radical (unpaired) electrons. The quantitative estimate of drug-likeness (QED) is 0.768. The minimum atomic E-state index is 0. The molecule has 5 heteroatoms. The lowest BCUT2D eigenvalue weighted by Gasteiger charge is -2.27. The van der Waals surface area contributed by atoms with Gasteiger partial charge >= 0.3 is 0 Å². The van der Waals surface area contributed by atoms with E-state index in [2.05, 4.69) is 36.3 Å². The number of rotatable bonds is 6. The molecule has 18 heavy (non-hydrogen) atoms. The first-order valence-electron chi connectivity index (χ1n) is 6.90. The number of likely N-dealkylation sites (N-methyl/N-ethyl adjacent to an activating group) is 1. The summed E-state index contributed by atoms with van der Waals surface area (Å²) >= 11 is 0. The summed E-state index contributed by atoms with van der Waals surface area (Å²) in [5.74, 6) is 0.832. The molecule has 0 aromatic heterocycles. The van der Waals surface area contributed by atoms with Crippen LogP contribution in [0.2, 0.25) is 0 Å². The van der Waals surface area contributed by atoms with Crippen molar-refractivity contribution >= 4 is 18.3 Å². The Morgan fingerprint density at radius 2 is 2.06 bits per heavy atom. The number of amides is 1. The highest BCUT2D eigenvalue weighted by Crippen LogP contribution is 2.14. The lowest BCUT2D eigenvalue weighted by molar-refractivity contribution is -0.124. The van der Waals surface area contributed by atoms with E-state index in [0.717, 1.165) is 39.1 Å². The van der Waals surface area contributed by atoms with Crippen molar-refractivity contribution in [1.82, 2.24) is 15.5 Å². The summed E-state index contributed by atoms with van der Waals surface area (Å²) in [5, 5.41) is 6.32. The van der Waals surface area contributed by atoms with Gasteiger partial charge in [-0.3, -0.25) is 4.79 Å². The Hall–Kier alpha value is -0.320.